The van der Waals surface area contributed by atoms with E-state index in [2.05, 4.69) is 6.92 Å². The molecule has 0 aliphatic rings. The number of carboxylic acid groups (broad SMARTS) is 1. The van der Waals surface area contributed by atoms with Crippen molar-refractivity contribution in [2.75, 3.05) is 5.73 Å². The van der Waals surface area contributed by atoms with Gasteiger partial charge in [0.05, 0.1) is 16.6 Å². The van der Waals surface area contributed by atoms with Crippen LogP contribution in [-0.4, -0.2) is 11.1 Å². The SMILES string of the molecule is CCCCCCC(C(=O)O)c1cccc(Cl)c1N. The molecule has 4 heteroatoms. The van der Waals surface area contributed by atoms with Crippen molar-refractivity contribution >= 4 is 23.3 Å². The van der Waals surface area contributed by atoms with Gasteiger partial charge in [-0.2, -0.15) is 0 Å². The summed E-state index contributed by atoms with van der Waals surface area (Å²) < 4.78 is 0. The molecule has 0 saturated carbocycles. The fourth-order valence-electron chi connectivity index (χ4n) is 2.04. The molecule has 3 nitrogen and oxygen atoms in total. The molecule has 0 fully saturated rings. The summed E-state index contributed by atoms with van der Waals surface area (Å²) in [5.41, 5.74) is 6.88. The third-order valence-corrected chi connectivity index (χ3v) is 3.44. The minimum absolute atomic E-state index is 0.391. The highest BCUT2D eigenvalue weighted by Crippen LogP contribution is 2.32. The molecule has 18 heavy (non-hydrogen) atoms. The summed E-state index contributed by atoms with van der Waals surface area (Å²) in [7, 11) is 0. The average Bonchev–Trinajstić information content (AvgIpc) is 2.33. The number of unbranched alkanes of at least 4 members (excludes halogenated alkanes) is 3. The molecule has 0 aromatic heterocycles. The molecule has 0 spiro atoms. The lowest BCUT2D eigenvalue weighted by atomic mass is 9.92. The molecule has 0 aliphatic heterocycles. The van der Waals surface area contributed by atoms with Crippen molar-refractivity contribution in [2.24, 2.45) is 0 Å². The van der Waals surface area contributed by atoms with Crippen LogP contribution in [0.5, 0.6) is 0 Å². The molecule has 0 radical (unpaired) electrons. The third-order valence-electron chi connectivity index (χ3n) is 3.11. The zero-order valence-electron chi connectivity index (χ0n) is 10.7. The minimum Gasteiger partial charge on any atom is -0.481 e. The summed E-state index contributed by atoms with van der Waals surface area (Å²) in [5.74, 6) is -1.39. The van der Waals surface area contributed by atoms with Crippen LogP contribution in [0.3, 0.4) is 0 Å². The predicted octanol–water partition coefficient (Wildman–Crippen LogP) is 4.06. The van der Waals surface area contributed by atoms with E-state index in [0.29, 0.717) is 22.7 Å². The lowest BCUT2D eigenvalue weighted by Gasteiger charge is -2.15. The quantitative estimate of drug-likeness (QED) is 0.579. The molecule has 1 unspecified atom stereocenters. The van der Waals surface area contributed by atoms with Gasteiger partial charge in [0, 0.05) is 0 Å². The van der Waals surface area contributed by atoms with Crippen LogP contribution in [0.1, 0.15) is 50.5 Å². The topological polar surface area (TPSA) is 63.3 Å². The zero-order chi connectivity index (χ0) is 13.5. The molecule has 0 amide bonds. The Kier molecular flexibility index (Phi) is 5.99. The highest BCUT2D eigenvalue weighted by Gasteiger charge is 2.22. The number of nitrogen functional groups attached to an aromatic ring is 1. The summed E-state index contributed by atoms with van der Waals surface area (Å²) in [5, 5.41) is 9.72. The Morgan fingerprint density at radius 3 is 2.72 bits per heavy atom. The number of hydrogen-bond acceptors (Lipinski definition) is 2. The largest absolute Gasteiger partial charge is 0.481 e. The molecular weight excluding hydrogens is 250 g/mol. The Morgan fingerprint density at radius 2 is 2.11 bits per heavy atom. The van der Waals surface area contributed by atoms with Crippen molar-refractivity contribution in [3.05, 3.63) is 28.8 Å². The van der Waals surface area contributed by atoms with Gasteiger partial charge in [0.1, 0.15) is 0 Å². The molecule has 0 heterocycles. The van der Waals surface area contributed by atoms with Crippen LogP contribution in [0, 0.1) is 0 Å². The second-order valence-electron chi connectivity index (χ2n) is 4.48. The highest BCUT2D eigenvalue weighted by molar-refractivity contribution is 6.33. The van der Waals surface area contributed by atoms with E-state index in [4.69, 9.17) is 17.3 Å². The summed E-state index contributed by atoms with van der Waals surface area (Å²) in [6, 6.07) is 5.17. The molecule has 3 N–H and O–H groups in total. The van der Waals surface area contributed by atoms with Gasteiger partial charge >= 0.3 is 5.97 Å². The van der Waals surface area contributed by atoms with Crippen LogP contribution in [0.15, 0.2) is 18.2 Å². The normalized spacial score (nSPS) is 12.3. The van der Waals surface area contributed by atoms with E-state index in [1.165, 1.54) is 0 Å². The fraction of sp³-hybridized carbons (Fsp3) is 0.500. The first-order valence-electron chi connectivity index (χ1n) is 6.34. The van der Waals surface area contributed by atoms with Crippen LogP contribution in [0.4, 0.5) is 5.69 Å². The number of carbonyl (C=O) groups is 1. The number of rotatable bonds is 7. The first-order chi connectivity index (χ1) is 8.57. The zero-order valence-corrected chi connectivity index (χ0v) is 11.4. The van der Waals surface area contributed by atoms with Gasteiger partial charge < -0.3 is 10.8 Å². The van der Waals surface area contributed by atoms with Crippen LogP contribution in [-0.2, 0) is 4.79 Å². The van der Waals surface area contributed by atoms with Gasteiger partial charge in [-0.3, -0.25) is 4.79 Å². The van der Waals surface area contributed by atoms with Crippen LogP contribution in [0.25, 0.3) is 0 Å². The van der Waals surface area contributed by atoms with Crippen LogP contribution in [0.2, 0.25) is 5.02 Å². The summed E-state index contributed by atoms with van der Waals surface area (Å²) >= 11 is 5.93. The monoisotopic (exact) mass is 269 g/mol. The number of halogens is 1. The molecular formula is C14H20ClNO2. The van der Waals surface area contributed by atoms with Gasteiger partial charge in [-0.15, -0.1) is 0 Å². The maximum atomic E-state index is 11.3. The van der Waals surface area contributed by atoms with Crippen molar-refractivity contribution < 1.29 is 9.90 Å². The fourth-order valence-corrected chi connectivity index (χ4v) is 2.23. The van der Waals surface area contributed by atoms with E-state index in [-0.39, 0.29) is 0 Å². The van der Waals surface area contributed by atoms with Gasteiger partial charge in [-0.1, -0.05) is 56.3 Å². The Labute approximate surface area is 113 Å². The highest BCUT2D eigenvalue weighted by atomic mass is 35.5. The van der Waals surface area contributed by atoms with Crippen molar-refractivity contribution in [3.8, 4) is 0 Å². The molecule has 0 aliphatic carbocycles. The number of hydrogen-bond donors (Lipinski definition) is 2. The number of carboxylic acids is 1. The Bertz CT molecular complexity index is 407. The van der Waals surface area contributed by atoms with Crippen LogP contribution < -0.4 is 5.73 Å². The van der Waals surface area contributed by atoms with E-state index in [0.717, 1.165) is 25.7 Å². The summed E-state index contributed by atoms with van der Waals surface area (Å²) in [6.45, 7) is 2.13. The number of aliphatic carboxylic acids is 1. The number of nitrogens with two attached hydrogens (primary N) is 1. The molecule has 0 bridgehead atoms. The van der Waals surface area contributed by atoms with Crippen molar-refractivity contribution in [1.82, 2.24) is 0 Å². The van der Waals surface area contributed by atoms with Crippen molar-refractivity contribution in [1.29, 1.82) is 0 Å². The second-order valence-corrected chi connectivity index (χ2v) is 4.89. The molecule has 1 aromatic carbocycles. The Hall–Kier alpha value is -1.22. The summed E-state index contributed by atoms with van der Waals surface area (Å²) in [6.07, 6.45) is 4.84. The molecule has 0 saturated heterocycles. The lowest BCUT2D eigenvalue weighted by Crippen LogP contribution is -2.13. The van der Waals surface area contributed by atoms with Gasteiger partial charge in [-0.05, 0) is 18.1 Å². The molecule has 1 aromatic rings. The molecule has 100 valence electrons. The first-order valence-corrected chi connectivity index (χ1v) is 6.72. The average molecular weight is 270 g/mol. The van der Waals surface area contributed by atoms with Crippen molar-refractivity contribution in [2.45, 2.75) is 44.9 Å². The Morgan fingerprint density at radius 1 is 1.39 bits per heavy atom. The minimum atomic E-state index is -0.833. The van der Waals surface area contributed by atoms with E-state index >= 15 is 0 Å². The maximum Gasteiger partial charge on any atom is 0.311 e. The van der Waals surface area contributed by atoms with E-state index < -0.39 is 11.9 Å². The van der Waals surface area contributed by atoms with E-state index in [9.17, 15) is 9.90 Å². The summed E-state index contributed by atoms with van der Waals surface area (Å²) in [4.78, 5) is 11.3. The maximum absolute atomic E-state index is 11.3. The number of benzene rings is 1. The molecule has 1 rings (SSSR count). The lowest BCUT2D eigenvalue weighted by molar-refractivity contribution is -0.139. The molecule has 1 atom stereocenters. The standard InChI is InChI=1S/C14H20ClNO2/c1-2-3-4-5-7-11(14(17)18)10-8-6-9-12(15)13(10)16/h6,8-9,11H,2-5,7,16H2,1H3,(H,17,18). The van der Waals surface area contributed by atoms with Crippen molar-refractivity contribution in [3.63, 3.8) is 0 Å². The van der Waals surface area contributed by atoms with E-state index in [1.54, 1.807) is 18.2 Å². The van der Waals surface area contributed by atoms with Gasteiger partial charge in [0.25, 0.3) is 0 Å². The third kappa shape index (κ3) is 3.91. The Balaban J connectivity index is 2.78. The van der Waals surface area contributed by atoms with Gasteiger partial charge in [-0.25, -0.2) is 0 Å². The number of anilines is 1. The number of para-hydroxylation sites is 1. The van der Waals surface area contributed by atoms with Crippen LogP contribution >= 0.6 is 11.6 Å². The smallest absolute Gasteiger partial charge is 0.311 e. The predicted molar refractivity (Wildman–Crippen MR) is 75.0 cm³/mol. The van der Waals surface area contributed by atoms with E-state index in [1.807, 2.05) is 0 Å². The first kappa shape index (κ1) is 14.8. The van der Waals surface area contributed by atoms with Gasteiger partial charge in [0.15, 0.2) is 0 Å². The van der Waals surface area contributed by atoms with Gasteiger partial charge in [0.2, 0.25) is 0 Å². The second kappa shape index (κ2) is 7.27.